The molecule has 5 heterocycles. The van der Waals surface area contributed by atoms with E-state index >= 15 is 0 Å². The van der Waals surface area contributed by atoms with Crippen molar-refractivity contribution < 1.29 is 107 Å². The van der Waals surface area contributed by atoms with Gasteiger partial charge in [0, 0.05) is 52.4 Å². The van der Waals surface area contributed by atoms with E-state index in [1.165, 1.54) is 14.0 Å². The first kappa shape index (κ1) is 59.5. The maximum Gasteiger partial charge on any atom is 0.187 e. The first-order chi connectivity index (χ1) is 36.0. The lowest BCUT2D eigenvalue weighted by molar-refractivity contribution is -0.358. The SMILES string of the molecule is CO[C@@H]1C[C@H](O[C@H]2CC[C@]3(C)C4CC[C@]5(C)[C@@H](C(C)=O)[C@H](O)[C@@H](O)[C@]5(O)C4CC[C@H]3C2)O[C@H](C)[C@H]1O[C@H]1C[C@H](O)[C@H](O[C@H]2C[C@@H](OC)[C@H](O[C@H]3C[C@@H](OC)[C@H](O[C@@H]4O[C@H](CO)[C@@H](O)[C@H](O)[C@H]4O)[C@@H](C)O3)[C@@H](C)O2)[C@@H](C)O1. The monoisotopic (exact) mass is 1090 g/mol. The molecule has 8 N–H and O–H groups in total. The number of ketones is 1. The molecule has 2 unspecified atom stereocenters. The Labute approximate surface area is 446 Å². The third-order valence-corrected chi connectivity index (χ3v) is 20.2. The molecule has 0 spiro atoms. The molecular weight excluding hydrogens is 1000 g/mol. The summed E-state index contributed by atoms with van der Waals surface area (Å²) in [7, 11) is 4.71. The summed E-state index contributed by atoms with van der Waals surface area (Å²) in [6, 6.07) is 0. The van der Waals surface area contributed by atoms with Gasteiger partial charge in [0.05, 0.1) is 73.6 Å². The predicted octanol–water partition coefficient (Wildman–Crippen LogP) is 0.962. The van der Waals surface area contributed by atoms with Gasteiger partial charge in [0.15, 0.2) is 31.5 Å². The largest absolute Gasteiger partial charge is 0.394 e. The number of rotatable bonds is 15. The predicted molar refractivity (Wildman–Crippen MR) is 262 cm³/mol. The zero-order chi connectivity index (χ0) is 54.9. The van der Waals surface area contributed by atoms with Crippen LogP contribution < -0.4 is 0 Å². The molecule has 0 radical (unpaired) electrons. The van der Waals surface area contributed by atoms with E-state index in [1.54, 1.807) is 21.1 Å². The summed E-state index contributed by atoms with van der Waals surface area (Å²) in [4.78, 5) is 12.8. The van der Waals surface area contributed by atoms with Gasteiger partial charge in [-0.15, -0.1) is 0 Å². The third-order valence-electron chi connectivity index (χ3n) is 20.2. The Bertz CT molecular complexity index is 1920. The maximum atomic E-state index is 12.8. The summed E-state index contributed by atoms with van der Waals surface area (Å²) in [6.45, 7) is 12.4. The summed E-state index contributed by atoms with van der Waals surface area (Å²) >= 11 is 0. The second-order valence-electron chi connectivity index (χ2n) is 24.3. The molecule has 438 valence electrons. The van der Waals surface area contributed by atoms with Crippen LogP contribution >= 0.6 is 0 Å². The van der Waals surface area contributed by atoms with Gasteiger partial charge in [0.25, 0.3) is 0 Å². The highest BCUT2D eigenvalue weighted by Gasteiger charge is 2.74. The van der Waals surface area contributed by atoms with Gasteiger partial charge >= 0.3 is 0 Å². The smallest absolute Gasteiger partial charge is 0.187 e. The van der Waals surface area contributed by atoms with Crippen molar-refractivity contribution in [2.75, 3.05) is 27.9 Å². The molecule has 0 bridgehead atoms. The zero-order valence-corrected chi connectivity index (χ0v) is 45.9. The van der Waals surface area contributed by atoms with Crippen molar-refractivity contribution >= 4 is 5.78 Å². The van der Waals surface area contributed by atoms with E-state index in [9.17, 15) is 45.6 Å². The molecule has 5 saturated heterocycles. The van der Waals surface area contributed by atoms with Crippen LogP contribution in [-0.2, 0) is 66.4 Å². The lowest BCUT2D eigenvalue weighted by Crippen LogP contribution is -2.66. The number of carbonyl (C=O) groups excluding carboxylic acids is 1. The van der Waals surface area contributed by atoms with Crippen molar-refractivity contribution in [3.63, 3.8) is 0 Å². The number of hydrogen-bond acceptors (Lipinski definition) is 22. The van der Waals surface area contributed by atoms with Crippen LogP contribution in [0.3, 0.4) is 0 Å². The lowest BCUT2D eigenvalue weighted by Gasteiger charge is -2.63. The fourth-order valence-electron chi connectivity index (χ4n) is 16.0. The summed E-state index contributed by atoms with van der Waals surface area (Å²) in [5.74, 6) is -0.727. The van der Waals surface area contributed by atoms with Crippen LogP contribution in [0.1, 0.15) is 119 Å². The number of Topliss-reactive ketones (excluding diaryl/α,β-unsaturated/α-hetero) is 1. The molecule has 9 fully saturated rings. The number of aliphatic hydroxyl groups is 8. The van der Waals surface area contributed by atoms with Crippen LogP contribution in [0.25, 0.3) is 0 Å². The Morgan fingerprint density at radius 3 is 1.57 bits per heavy atom. The van der Waals surface area contributed by atoms with Crippen molar-refractivity contribution in [2.24, 2.45) is 34.5 Å². The fraction of sp³-hybridized carbons (Fsp3) is 0.981. The van der Waals surface area contributed by atoms with Crippen molar-refractivity contribution in [3.05, 3.63) is 0 Å². The molecule has 0 aromatic carbocycles. The Morgan fingerprint density at radius 1 is 0.553 bits per heavy atom. The van der Waals surface area contributed by atoms with Crippen molar-refractivity contribution in [3.8, 4) is 0 Å². The third kappa shape index (κ3) is 10.8. The number of carbonyl (C=O) groups is 1. The average Bonchev–Trinajstić information content (AvgIpc) is 3.54. The Morgan fingerprint density at radius 2 is 1.05 bits per heavy atom. The molecule has 9 aliphatic rings. The van der Waals surface area contributed by atoms with Gasteiger partial charge in [-0.1, -0.05) is 13.8 Å². The Balaban J connectivity index is 0.734. The van der Waals surface area contributed by atoms with Crippen molar-refractivity contribution in [2.45, 2.75) is 272 Å². The van der Waals surface area contributed by atoms with Crippen molar-refractivity contribution in [1.29, 1.82) is 0 Å². The normalized spacial score (nSPS) is 54.8. The van der Waals surface area contributed by atoms with E-state index < -0.39 is 159 Å². The molecule has 22 nitrogen and oxygen atoms in total. The van der Waals surface area contributed by atoms with E-state index in [0.717, 1.165) is 32.1 Å². The number of hydrogen-bond donors (Lipinski definition) is 8. The molecular formula is C54H90O22. The molecule has 0 amide bonds. The van der Waals surface area contributed by atoms with Gasteiger partial charge in [-0.05, 0) is 103 Å². The van der Waals surface area contributed by atoms with Crippen LogP contribution in [0.15, 0.2) is 0 Å². The minimum absolute atomic E-state index is 0.0478. The minimum Gasteiger partial charge on any atom is -0.394 e. The standard InChI is InChI=1S/C54H90O22/c1-23(56)41-43(59)50(62)54(63)31-12-11-28-17-29(13-15-52(28,6)30(31)14-16-53(41,54)7)71-38-19-33(64-8)47(25(3)68-38)74-37-18-32(57)46(24(2)67-37)73-39-20-34(65-9)48(26(4)69-39)75-40-21-35(66-10)49(27(5)70-40)76-51-45(61)44(60)42(58)36(22-55)72-51/h24-51,55,57-63H,11-22H2,1-10H3/t24-,25-,26-,27-,28+,29+,30?,31?,32+,33-,34-,35-,36-,37+,38+,39+,40+,41+,42-,43+,44+,45-,46-,47-,48-,49-,50-,51+,52+,53-,54-/m1/s1. The number of ether oxygens (including phenoxy) is 13. The minimum atomic E-state index is -1.60. The summed E-state index contributed by atoms with van der Waals surface area (Å²) in [5, 5.41) is 87.3. The van der Waals surface area contributed by atoms with E-state index in [1.807, 2.05) is 27.7 Å². The van der Waals surface area contributed by atoms with E-state index in [-0.39, 0.29) is 54.5 Å². The van der Waals surface area contributed by atoms with Gasteiger partial charge in [0.2, 0.25) is 0 Å². The Kier molecular flexibility index (Phi) is 18.5. The molecule has 76 heavy (non-hydrogen) atoms. The van der Waals surface area contributed by atoms with Gasteiger partial charge in [-0.25, -0.2) is 0 Å². The van der Waals surface area contributed by atoms with Crippen LogP contribution in [0.5, 0.6) is 0 Å². The summed E-state index contributed by atoms with van der Waals surface area (Å²) < 4.78 is 81.0. The van der Waals surface area contributed by atoms with Crippen LogP contribution in [0.4, 0.5) is 0 Å². The first-order valence-electron chi connectivity index (χ1n) is 28.1. The Hall–Kier alpha value is -1.17. The quantitative estimate of drug-likeness (QED) is 0.106. The fourth-order valence-corrected chi connectivity index (χ4v) is 16.0. The lowest BCUT2D eigenvalue weighted by atomic mass is 9.43. The van der Waals surface area contributed by atoms with Crippen LogP contribution in [-0.4, -0.2) is 228 Å². The van der Waals surface area contributed by atoms with Crippen molar-refractivity contribution in [1.82, 2.24) is 0 Å². The van der Waals surface area contributed by atoms with E-state index in [4.69, 9.17) is 61.6 Å². The summed E-state index contributed by atoms with van der Waals surface area (Å²) in [5.41, 5.74) is -2.53. The molecule has 31 atom stereocenters. The molecule has 4 saturated carbocycles. The van der Waals surface area contributed by atoms with Crippen LogP contribution in [0.2, 0.25) is 0 Å². The first-order valence-corrected chi connectivity index (χ1v) is 28.1. The topological polar surface area (TPSA) is 299 Å². The molecule has 0 aromatic heterocycles. The highest BCUT2D eigenvalue weighted by atomic mass is 16.8. The van der Waals surface area contributed by atoms with Gasteiger partial charge in [-0.3, -0.25) is 4.79 Å². The summed E-state index contributed by atoms with van der Waals surface area (Å²) in [6.07, 6.45) is -13.6. The van der Waals surface area contributed by atoms with E-state index in [2.05, 4.69) is 6.92 Å². The molecule has 4 aliphatic carbocycles. The highest BCUT2D eigenvalue weighted by Crippen LogP contribution is 2.69. The highest BCUT2D eigenvalue weighted by molar-refractivity contribution is 5.81. The van der Waals surface area contributed by atoms with Gasteiger partial charge in [-0.2, -0.15) is 0 Å². The molecule has 0 aromatic rings. The number of methoxy groups -OCH3 is 3. The molecule has 22 heteroatoms. The second kappa shape index (κ2) is 23.6. The number of fused-ring (bicyclic) bond motifs is 5. The number of aliphatic hydroxyl groups excluding tert-OH is 7. The van der Waals surface area contributed by atoms with Gasteiger partial charge in [0.1, 0.15) is 66.3 Å². The van der Waals surface area contributed by atoms with Gasteiger partial charge < -0.3 is 102 Å². The average molecular weight is 1090 g/mol. The van der Waals surface area contributed by atoms with Crippen LogP contribution in [0, 0.1) is 34.5 Å². The molecule has 5 aliphatic heterocycles. The second-order valence-corrected chi connectivity index (χ2v) is 24.3. The molecule has 9 rings (SSSR count). The van der Waals surface area contributed by atoms with E-state index in [0.29, 0.717) is 25.2 Å². The zero-order valence-electron chi connectivity index (χ0n) is 45.9. The maximum absolute atomic E-state index is 12.8.